The second-order valence-electron chi connectivity index (χ2n) is 7.57. The molecule has 0 saturated heterocycles. The Morgan fingerprint density at radius 3 is 2.20 bits per heavy atom. The highest BCUT2D eigenvalue weighted by Gasteiger charge is 2.26. The first-order chi connectivity index (χ1) is 9.03. The largest absolute Gasteiger partial charge is 0.316 e. The Morgan fingerprint density at radius 2 is 1.70 bits per heavy atom. The van der Waals surface area contributed by atoms with Crippen LogP contribution < -0.4 is 10.1 Å². The Balaban J connectivity index is 2.95. The van der Waals surface area contributed by atoms with Crippen molar-refractivity contribution in [2.75, 3.05) is 11.9 Å². The maximum atomic E-state index is 11.5. The third-order valence-corrected chi connectivity index (χ3v) is 9.61. The van der Waals surface area contributed by atoms with Crippen molar-refractivity contribution < 1.29 is 4.79 Å². The fourth-order valence-corrected chi connectivity index (χ4v) is 9.02. The van der Waals surface area contributed by atoms with E-state index in [9.17, 15) is 4.79 Å². The number of carbonyl (C=O) groups excluding carboxylic acids is 1. The number of hydrogen-bond donors (Lipinski definition) is 0. The summed E-state index contributed by atoms with van der Waals surface area (Å²) in [6.07, 6.45) is 0. The molecule has 0 saturated carbocycles. The number of rotatable bonds is 5. The van der Waals surface area contributed by atoms with Gasteiger partial charge in [0.2, 0.25) is 5.91 Å². The lowest BCUT2D eigenvalue weighted by Gasteiger charge is -2.28. The van der Waals surface area contributed by atoms with E-state index in [1.165, 1.54) is 17.3 Å². The molecule has 20 heavy (non-hydrogen) atoms. The number of amides is 1. The maximum absolute atomic E-state index is 11.5. The molecule has 0 aliphatic carbocycles. The molecule has 0 aromatic heterocycles. The lowest BCUT2D eigenvalue weighted by atomic mass is 10.3. The van der Waals surface area contributed by atoms with Gasteiger partial charge in [-0.1, -0.05) is 62.1 Å². The fourth-order valence-electron chi connectivity index (χ4n) is 2.15. The summed E-state index contributed by atoms with van der Waals surface area (Å²) in [7, 11) is -0.542. The molecule has 2 nitrogen and oxygen atoms in total. The van der Waals surface area contributed by atoms with Crippen molar-refractivity contribution in [2.45, 2.75) is 51.7 Å². The monoisotopic (exact) mass is 307 g/mol. The first kappa shape index (κ1) is 17.2. The normalized spacial score (nSPS) is 12.3. The molecular formula is C16H29NOSi2. The first-order valence-corrected chi connectivity index (χ1v) is 14.3. The predicted molar refractivity (Wildman–Crippen MR) is 95.6 cm³/mol. The molecule has 0 N–H and O–H groups in total. The minimum atomic E-state index is -1.40. The minimum Gasteiger partial charge on any atom is -0.316 e. The molecule has 4 heteroatoms. The lowest BCUT2D eigenvalue weighted by Crippen LogP contribution is -2.43. The van der Waals surface area contributed by atoms with Crippen LogP contribution in [0.5, 0.6) is 0 Å². The van der Waals surface area contributed by atoms with E-state index in [2.05, 4.69) is 50.9 Å². The number of nitrogens with zero attached hydrogens (tertiary/aromatic N) is 1. The fraction of sp³-hybridized carbons (Fsp3) is 0.562. The number of anilines is 1. The summed E-state index contributed by atoms with van der Waals surface area (Å²) in [6, 6.07) is 11.3. The standard InChI is InChI=1S/C16H29NOSi2/c1-14(18)17(2)15-9-8-10-16(13-15)20(6,7)12-11-19(3,4)5/h8-10,13H,11-12H2,1-7H3. The summed E-state index contributed by atoms with van der Waals surface area (Å²) in [4.78, 5) is 13.2. The van der Waals surface area contributed by atoms with Crippen LogP contribution in [0.1, 0.15) is 6.92 Å². The Bertz CT molecular complexity index is 478. The van der Waals surface area contributed by atoms with Gasteiger partial charge < -0.3 is 4.90 Å². The van der Waals surface area contributed by atoms with Crippen LogP contribution in [0.25, 0.3) is 0 Å². The highest BCUT2D eigenvalue weighted by atomic mass is 28.3. The summed E-state index contributed by atoms with van der Waals surface area (Å²) >= 11 is 0. The van der Waals surface area contributed by atoms with Crippen LogP contribution in [0.2, 0.25) is 44.8 Å². The quantitative estimate of drug-likeness (QED) is 0.755. The van der Waals surface area contributed by atoms with Gasteiger partial charge in [0.25, 0.3) is 0 Å². The van der Waals surface area contributed by atoms with E-state index < -0.39 is 16.1 Å². The number of hydrogen-bond acceptors (Lipinski definition) is 1. The molecule has 1 rings (SSSR count). The number of carbonyl (C=O) groups is 1. The Morgan fingerprint density at radius 1 is 1.10 bits per heavy atom. The summed E-state index contributed by atoms with van der Waals surface area (Å²) in [5.41, 5.74) is 1.02. The lowest BCUT2D eigenvalue weighted by molar-refractivity contribution is -0.116. The molecule has 0 unspecified atom stereocenters. The van der Waals surface area contributed by atoms with Gasteiger partial charge in [-0.05, 0) is 12.1 Å². The van der Waals surface area contributed by atoms with Crippen LogP contribution in [0.15, 0.2) is 24.3 Å². The SMILES string of the molecule is CC(=O)N(C)c1cccc([Si](C)(C)CC[Si](C)(C)C)c1. The van der Waals surface area contributed by atoms with Crippen molar-refractivity contribution in [3.63, 3.8) is 0 Å². The van der Waals surface area contributed by atoms with Crippen LogP contribution in [-0.4, -0.2) is 29.1 Å². The van der Waals surface area contributed by atoms with Gasteiger partial charge in [-0.15, -0.1) is 0 Å². The summed E-state index contributed by atoms with van der Waals surface area (Å²) in [5.74, 6) is 0.0868. The molecule has 0 spiro atoms. The predicted octanol–water partition coefficient (Wildman–Crippen LogP) is 3.92. The molecule has 1 amide bonds. The van der Waals surface area contributed by atoms with Crippen LogP contribution >= 0.6 is 0 Å². The molecular weight excluding hydrogens is 278 g/mol. The highest BCUT2D eigenvalue weighted by Crippen LogP contribution is 2.21. The second kappa shape index (κ2) is 6.27. The minimum absolute atomic E-state index is 0.0868. The van der Waals surface area contributed by atoms with Crippen LogP contribution in [0, 0.1) is 0 Å². The summed E-state index contributed by atoms with van der Waals surface area (Å²) < 4.78 is 0. The van der Waals surface area contributed by atoms with Crippen molar-refractivity contribution >= 4 is 32.9 Å². The molecule has 0 atom stereocenters. The van der Waals surface area contributed by atoms with Gasteiger partial charge in [-0.3, -0.25) is 4.79 Å². The summed E-state index contributed by atoms with van der Waals surface area (Å²) in [6.45, 7) is 13.8. The van der Waals surface area contributed by atoms with Crippen molar-refractivity contribution in [3.05, 3.63) is 24.3 Å². The maximum Gasteiger partial charge on any atom is 0.223 e. The van der Waals surface area contributed by atoms with E-state index in [-0.39, 0.29) is 5.91 Å². The average molecular weight is 308 g/mol. The van der Waals surface area contributed by atoms with E-state index in [0.29, 0.717) is 0 Å². The Kier molecular flexibility index (Phi) is 5.38. The smallest absolute Gasteiger partial charge is 0.223 e. The van der Waals surface area contributed by atoms with E-state index in [1.807, 2.05) is 13.1 Å². The molecule has 1 aromatic rings. The molecule has 0 bridgehead atoms. The van der Waals surface area contributed by atoms with Crippen molar-refractivity contribution in [3.8, 4) is 0 Å². The van der Waals surface area contributed by atoms with Crippen molar-refractivity contribution in [1.29, 1.82) is 0 Å². The first-order valence-electron chi connectivity index (χ1n) is 7.38. The van der Waals surface area contributed by atoms with Crippen molar-refractivity contribution in [1.82, 2.24) is 0 Å². The zero-order valence-electron chi connectivity index (χ0n) is 14.1. The summed E-state index contributed by atoms with van der Waals surface area (Å²) in [5, 5.41) is 1.46. The van der Waals surface area contributed by atoms with E-state index >= 15 is 0 Å². The van der Waals surface area contributed by atoms with Gasteiger partial charge in [-0.2, -0.15) is 0 Å². The molecule has 0 heterocycles. The van der Waals surface area contributed by atoms with Crippen molar-refractivity contribution in [2.24, 2.45) is 0 Å². The third-order valence-electron chi connectivity index (χ3n) is 3.99. The van der Waals surface area contributed by atoms with Gasteiger partial charge in [0.1, 0.15) is 0 Å². The van der Waals surface area contributed by atoms with Gasteiger partial charge in [-0.25, -0.2) is 0 Å². The zero-order chi connectivity index (χ0) is 15.6. The topological polar surface area (TPSA) is 20.3 Å². The molecule has 112 valence electrons. The van der Waals surface area contributed by atoms with Crippen LogP contribution in [0.3, 0.4) is 0 Å². The van der Waals surface area contributed by atoms with E-state index in [4.69, 9.17) is 0 Å². The van der Waals surface area contributed by atoms with Crippen LogP contribution in [0.4, 0.5) is 5.69 Å². The third kappa shape index (κ3) is 4.91. The molecule has 1 aromatic carbocycles. The van der Waals surface area contributed by atoms with Gasteiger partial charge in [0, 0.05) is 27.7 Å². The molecule has 0 aliphatic heterocycles. The Labute approximate surface area is 126 Å². The number of benzene rings is 1. The molecule has 0 radical (unpaired) electrons. The van der Waals surface area contributed by atoms with Gasteiger partial charge >= 0.3 is 0 Å². The zero-order valence-corrected chi connectivity index (χ0v) is 16.1. The molecule has 0 aliphatic rings. The highest BCUT2D eigenvalue weighted by molar-refractivity contribution is 6.91. The second-order valence-corrected chi connectivity index (χ2v) is 18.0. The van der Waals surface area contributed by atoms with E-state index in [0.717, 1.165) is 5.69 Å². The molecule has 0 fully saturated rings. The Hall–Kier alpha value is -0.876. The average Bonchev–Trinajstić information content (AvgIpc) is 2.35. The van der Waals surface area contributed by atoms with E-state index in [1.54, 1.807) is 11.8 Å². The van der Waals surface area contributed by atoms with Crippen LogP contribution in [-0.2, 0) is 4.79 Å². The van der Waals surface area contributed by atoms with Gasteiger partial charge in [0.05, 0.1) is 8.07 Å². The van der Waals surface area contributed by atoms with Gasteiger partial charge in [0.15, 0.2) is 0 Å².